The van der Waals surface area contributed by atoms with E-state index in [1.54, 1.807) is 19.1 Å². The molecule has 1 atom stereocenters. The predicted octanol–water partition coefficient (Wildman–Crippen LogP) is 1.37. The third-order valence-corrected chi connectivity index (χ3v) is 1.94. The van der Waals surface area contributed by atoms with Gasteiger partial charge < -0.3 is 15.4 Å². The van der Waals surface area contributed by atoms with E-state index in [4.69, 9.17) is 4.74 Å². The first-order valence-electron chi connectivity index (χ1n) is 5.58. The zero-order chi connectivity index (χ0) is 13.1. The lowest BCUT2D eigenvalue weighted by atomic mass is 10.1. The summed E-state index contributed by atoms with van der Waals surface area (Å²) >= 11 is 0. The van der Waals surface area contributed by atoms with Gasteiger partial charge in [-0.25, -0.2) is 9.59 Å². The lowest BCUT2D eigenvalue weighted by Crippen LogP contribution is -2.46. The number of urea groups is 1. The Balaban J connectivity index is 4.25. The van der Waals surface area contributed by atoms with Gasteiger partial charge in [-0.2, -0.15) is 0 Å². The molecule has 0 saturated carbocycles. The molecule has 0 bridgehead atoms. The smallest absolute Gasteiger partial charge is 0.328 e. The zero-order valence-electron chi connectivity index (χ0n) is 10.2. The topological polar surface area (TPSA) is 67.4 Å². The van der Waals surface area contributed by atoms with Crippen LogP contribution in [0.5, 0.6) is 0 Å². The maximum Gasteiger partial charge on any atom is 0.328 e. The van der Waals surface area contributed by atoms with E-state index in [2.05, 4.69) is 23.8 Å². The Hall–Kier alpha value is -1.78. The van der Waals surface area contributed by atoms with Gasteiger partial charge in [-0.15, -0.1) is 13.2 Å². The summed E-state index contributed by atoms with van der Waals surface area (Å²) < 4.78 is 4.87. The molecule has 0 spiro atoms. The first-order valence-corrected chi connectivity index (χ1v) is 5.58. The van der Waals surface area contributed by atoms with Crippen molar-refractivity contribution in [1.82, 2.24) is 10.6 Å². The summed E-state index contributed by atoms with van der Waals surface area (Å²) in [6.07, 6.45) is 4.35. The molecule has 2 amide bonds. The molecule has 0 fully saturated rings. The third-order valence-electron chi connectivity index (χ3n) is 1.94. The first-order chi connectivity index (χ1) is 8.15. The molecule has 0 aliphatic carbocycles. The highest BCUT2D eigenvalue weighted by atomic mass is 16.5. The third kappa shape index (κ3) is 7.16. The number of hydrogen-bond donors (Lipinski definition) is 2. The van der Waals surface area contributed by atoms with Crippen LogP contribution in [0.1, 0.15) is 19.8 Å². The fourth-order valence-corrected chi connectivity index (χ4v) is 1.15. The van der Waals surface area contributed by atoms with Crippen molar-refractivity contribution in [2.45, 2.75) is 25.8 Å². The van der Waals surface area contributed by atoms with Gasteiger partial charge in [-0.3, -0.25) is 0 Å². The van der Waals surface area contributed by atoms with Gasteiger partial charge in [-0.1, -0.05) is 12.2 Å². The minimum Gasteiger partial charge on any atom is -0.464 e. The van der Waals surface area contributed by atoms with E-state index < -0.39 is 18.0 Å². The van der Waals surface area contributed by atoms with Gasteiger partial charge in [0.2, 0.25) is 0 Å². The van der Waals surface area contributed by atoms with E-state index in [1.165, 1.54) is 0 Å². The van der Waals surface area contributed by atoms with Crippen molar-refractivity contribution in [3.8, 4) is 0 Å². The number of allylic oxidation sites excluding steroid dienone is 1. The molecule has 96 valence electrons. The fourth-order valence-electron chi connectivity index (χ4n) is 1.15. The molecule has 0 aromatic carbocycles. The lowest BCUT2D eigenvalue weighted by molar-refractivity contribution is -0.145. The summed E-state index contributed by atoms with van der Waals surface area (Å²) in [5.74, 6) is -0.428. The molecule has 0 heterocycles. The standard InChI is InChI=1S/C12H20N2O3/c1-4-7-8-10(11(15)17-6-3)14-12(16)13-9-5-2/h4-5,10H,1-2,6-9H2,3H3,(H2,13,14,16). The van der Waals surface area contributed by atoms with E-state index in [9.17, 15) is 9.59 Å². The van der Waals surface area contributed by atoms with E-state index in [0.29, 0.717) is 26.0 Å². The minimum absolute atomic E-state index is 0.291. The van der Waals surface area contributed by atoms with Crippen molar-refractivity contribution in [2.24, 2.45) is 0 Å². The van der Waals surface area contributed by atoms with E-state index in [-0.39, 0.29) is 0 Å². The molecular formula is C12H20N2O3. The number of amides is 2. The normalized spacial score (nSPS) is 11.1. The van der Waals surface area contributed by atoms with Crippen molar-refractivity contribution in [2.75, 3.05) is 13.2 Å². The largest absolute Gasteiger partial charge is 0.464 e. The summed E-state index contributed by atoms with van der Waals surface area (Å²) in [5.41, 5.74) is 0. The Morgan fingerprint density at radius 2 is 2.06 bits per heavy atom. The van der Waals surface area contributed by atoms with Crippen molar-refractivity contribution in [3.63, 3.8) is 0 Å². The van der Waals surface area contributed by atoms with Crippen LogP contribution in [-0.2, 0) is 9.53 Å². The number of rotatable bonds is 8. The van der Waals surface area contributed by atoms with Crippen LogP contribution in [0.2, 0.25) is 0 Å². The monoisotopic (exact) mass is 240 g/mol. The van der Waals surface area contributed by atoms with E-state index in [0.717, 1.165) is 0 Å². The summed E-state index contributed by atoms with van der Waals surface area (Å²) in [5, 5.41) is 5.09. The van der Waals surface area contributed by atoms with E-state index >= 15 is 0 Å². The molecule has 0 aliphatic heterocycles. The Labute approximate surface area is 102 Å². The molecule has 0 aromatic heterocycles. The highest BCUT2D eigenvalue weighted by Crippen LogP contribution is 2.00. The summed E-state index contributed by atoms with van der Waals surface area (Å²) in [6.45, 7) is 9.42. The predicted molar refractivity (Wildman–Crippen MR) is 66.6 cm³/mol. The van der Waals surface area contributed by atoms with Crippen molar-refractivity contribution in [1.29, 1.82) is 0 Å². The van der Waals surface area contributed by atoms with Crippen molar-refractivity contribution < 1.29 is 14.3 Å². The Morgan fingerprint density at radius 1 is 1.35 bits per heavy atom. The van der Waals surface area contributed by atoms with Crippen LogP contribution in [0.25, 0.3) is 0 Å². The number of ether oxygens (including phenoxy) is 1. The number of esters is 1. The molecule has 17 heavy (non-hydrogen) atoms. The molecule has 0 saturated heterocycles. The second-order valence-electron chi connectivity index (χ2n) is 3.31. The summed E-state index contributed by atoms with van der Waals surface area (Å²) in [4.78, 5) is 22.9. The minimum atomic E-state index is -0.641. The van der Waals surface area contributed by atoms with Gasteiger partial charge in [0.1, 0.15) is 6.04 Å². The quantitative estimate of drug-likeness (QED) is 0.497. The van der Waals surface area contributed by atoms with Crippen LogP contribution in [0.4, 0.5) is 4.79 Å². The highest BCUT2D eigenvalue weighted by molar-refractivity contribution is 5.83. The number of hydrogen-bond acceptors (Lipinski definition) is 3. The van der Waals surface area contributed by atoms with Crippen molar-refractivity contribution in [3.05, 3.63) is 25.3 Å². The molecule has 0 aliphatic rings. The van der Waals surface area contributed by atoms with Crippen LogP contribution in [0.3, 0.4) is 0 Å². The van der Waals surface area contributed by atoms with Gasteiger partial charge in [0.15, 0.2) is 0 Å². The van der Waals surface area contributed by atoms with Crippen LogP contribution in [0, 0.1) is 0 Å². The van der Waals surface area contributed by atoms with Crippen LogP contribution in [-0.4, -0.2) is 31.2 Å². The second-order valence-corrected chi connectivity index (χ2v) is 3.31. The van der Waals surface area contributed by atoms with Gasteiger partial charge in [0, 0.05) is 6.54 Å². The molecule has 0 rings (SSSR count). The molecule has 1 unspecified atom stereocenters. The highest BCUT2D eigenvalue weighted by Gasteiger charge is 2.20. The average molecular weight is 240 g/mol. The SMILES string of the molecule is C=CCCC(NC(=O)NCC=C)C(=O)OCC. The van der Waals surface area contributed by atoms with Crippen molar-refractivity contribution >= 4 is 12.0 Å². The molecule has 0 radical (unpaired) electrons. The van der Waals surface area contributed by atoms with Gasteiger partial charge >= 0.3 is 12.0 Å². The van der Waals surface area contributed by atoms with Crippen LogP contribution >= 0.6 is 0 Å². The maximum absolute atomic E-state index is 11.5. The summed E-state index contributed by atoms with van der Waals surface area (Å²) in [7, 11) is 0. The first kappa shape index (κ1) is 15.2. The Kier molecular flexibility index (Phi) is 8.46. The Morgan fingerprint density at radius 3 is 2.59 bits per heavy atom. The molecule has 0 aromatic rings. The number of carbonyl (C=O) groups excluding carboxylic acids is 2. The van der Waals surface area contributed by atoms with Gasteiger partial charge in [0.05, 0.1) is 6.61 Å². The Bertz CT molecular complexity index is 277. The molecule has 5 heteroatoms. The lowest BCUT2D eigenvalue weighted by Gasteiger charge is -2.16. The summed E-state index contributed by atoms with van der Waals surface area (Å²) in [6, 6.07) is -1.05. The second kappa shape index (κ2) is 9.45. The maximum atomic E-state index is 11.5. The van der Waals surface area contributed by atoms with Gasteiger partial charge in [-0.05, 0) is 19.8 Å². The fraction of sp³-hybridized carbons (Fsp3) is 0.500. The van der Waals surface area contributed by atoms with Crippen LogP contribution in [0.15, 0.2) is 25.3 Å². The molecule has 5 nitrogen and oxygen atoms in total. The number of nitrogens with one attached hydrogen (secondary N) is 2. The van der Waals surface area contributed by atoms with Gasteiger partial charge in [0.25, 0.3) is 0 Å². The van der Waals surface area contributed by atoms with Crippen LogP contribution < -0.4 is 10.6 Å². The average Bonchev–Trinajstić information content (AvgIpc) is 2.32. The number of carbonyl (C=O) groups is 2. The molecular weight excluding hydrogens is 220 g/mol. The van der Waals surface area contributed by atoms with E-state index in [1.807, 2.05) is 0 Å². The molecule has 2 N–H and O–H groups in total. The zero-order valence-corrected chi connectivity index (χ0v) is 10.2.